The van der Waals surface area contributed by atoms with Gasteiger partial charge in [0.05, 0.1) is 6.61 Å². The Balaban J connectivity index is 0.000000265. The Hall–Kier alpha value is -7.62. The summed E-state index contributed by atoms with van der Waals surface area (Å²) in [6, 6.07) is 25.2. The molecule has 0 aliphatic carbocycles. The number of benzene rings is 7. The van der Waals surface area contributed by atoms with Crippen molar-refractivity contribution in [1.82, 2.24) is 0 Å². The predicted octanol–water partition coefficient (Wildman–Crippen LogP) is 10.7. The van der Waals surface area contributed by atoms with Crippen molar-refractivity contribution in [3.8, 4) is 16.9 Å². The maximum absolute atomic E-state index is 15.4. The summed E-state index contributed by atoms with van der Waals surface area (Å²) in [5, 5.41) is 2.89. The van der Waals surface area contributed by atoms with Crippen molar-refractivity contribution < 1.29 is 102 Å². The highest BCUT2D eigenvalue weighted by molar-refractivity contribution is 8.07. The number of halogens is 20. The average molecular weight is 1070 g/mol. The van der Waals surface area contributed by atoms with E-state index in [0.717, 1.165) is 5.56 Å². The zero-order valence-electron chi connectivity index (χ0n) is 35.8. The van der Waals surface area contributed by atoms with E-state index in [4.69, 9.17) is 4.74 Å². The molecule has 0 saturated carbocycles. The van der Waals surface area contributed by atoms with Gasteiger partial charge in [-0.3, -0.25) is 4.79 Å². The molecule has 0 saturated heterocycles. The number of hydrogen-bond acceptors (Lipinski definition) is 3. The van der Waals surface area contributed by atoms with Crippen LogP contribution in [0.15, 0.2) is 89.8 Å². The highest BCUT2D eigenvalue weighted by atomic mass is 32.2. The molecule has 0 aliphatic heterocycles. The summed E-state index contributed by atoms with van der Waals surface area (Å²) >= 11 is 0. The summed E-state index contributed by atoms with van der Waals surface area (Å²) in [5.41, 5.74) is -13.1. The van der Waals surface area contributed by atoms with E-state index in [1.165, 1.54) is 0 Å². The topological polar surface area (TPSA) is 43.4 Å². The maximum Gasteiger partial charge on any atom is 0.213 e. The fourth-order valence-electron chi connectivity index (χ4n) is 7.53. The molecule has 0 aliphatic rings. The van der Waals surface area contributed by atoms with Gasteiger partial charge in [-0.05, 0) is 61.4 Å². The molecule has 25 heteroatoms. The van der Waals surface area contributed by atoms with Crippen LogP contribution in [0.2, 0.25) is 0 Å². The second kappa shape index (κ2) is 21.2. The van der Waals surface area contributed by atoms with Crippen molar-refractivity contribution in [3.63, 3.8) is 0 Å². The Bertz CT molecular complexity index is 3060. The normalized spacial score (nSPS) is 12.1. The van der Waals surface area contributed by atoms with Crippen LogP contribution in [0.3, 0.4) is 0 Å². The first kappa shape index (κ1) is 54.7. The van der Waals surface area contributed by atoms with E-state index >= 15 is 35.1 Å². The SMILES string of the molecule is CCOc1ccc(C(=O)C[S+](=O)(C#Cc2ccccc2)c2ccccc2)cc1.Fc1c(F)c(F)c([B-](c2c(F)c(F)c(F)c(F)c2F)(c2c(F)c(F)c(F)c(F)c2F)c2c(F)c(F)c(F)c(F)c2F)c(F)c1F. The lowest BCUT2D eigenvalue weighted by molar-refractivity contribution is 0.102. The van der Waals surface area contributed by atoms with E-state index in [-0.39, 0.29) is 11.5 Å². The monoisotopic (exact) mass is 1070 g/mol. The number of hydrogen-bond donors (Lipinski definition) is 0. The highest BCUT2D eigenvalue weighted by Gasteiger charge is 2.52. The Labute approximate surface area is 398 Å². The minimum Gasteiger partial charge on any atom is -0.494 e. The summed E-state index contributed by atoms with van der Waals surface area (Å²) in [6.07, 6.45) is -7.22. The smallest absolute Gasteiger partial charge is 0.213 e. The highest BCUT2D eigenvalue weighted by Crippen LogP contribution is 2.31. The molecule has 7 aromatic rings. The molecule has 0 radical (unpaired) electrons. The second-order valence-electron chi connectivity index (χ2n) is 14.9. The Morgan fingerprint density at radius 3 is 1.01 bits per heavy atom. The quantitative estimate of drug-likeness (QED) is 0.0261. The van der Waals surface area contributed by atoms with E-state index in [1.807, 2.05) is 43.3 Å². The fourth-order valence-corrected chi connectivity index (χ4v) is 9.30. The van der Waals surface area contributed by atoms with Crippen molar-refractivity contribution in [1.29, 1.82) is 0 Å². The molecule has 380 valence electrons. The predicted molar refractivity (Wildman–Crippen MR) is 222 cm³/mol. The summed E-state index contributed by atoms with van der Waals surface area (Å²) in [4.78, 5) is 13.4. The molecule has 3 nitrogen and oxygen atoms in total. The van der Waals surface area contributed by atoms with Crippen molar-refractivity contribution in [2.24, 2.45) is 0 Å². The van der Waals surface area contributed by atoms with E-state index in [2.05, 4.69) is 11.2 Å². The van der Waals surface area contributed by atoms with Crippen LogP contribution >= 0.6 is 0 Å². The van der Waals surface area contributed by atoms with Crippen molar-refractivity contribution >= 4 is 43.7 Å². The van der Waals surface area contributed by atoms with Gasteiger partial charge < -0.3 is 4.74 Å². The lowest BCUT2D eigenvalue weighted by Crippen LogP contribution is -2.81. The van der Waals surface area contributed by atoms with Gasteiger partial charge in [-0.25, -0.2) is 87.8 Å². The standard InChI is InChI=1S/C24BF20.C24H21O3S/c26-5-1(6(27)14(35)21(42)13(5)34)25(2-7(28)15(36)22(43)16(37)8(2)29,3-9(30)17(38)23(44)18(39)10(3)31)4-11(32)19(40)24(45)20(41)12(4)33;1-2-27-22-15-13-21(14-16-22)24(25)19-28(26,23-11-7-4-8-12-23)18-17-20-9-5-3-6-10-20/h;3-16H,2,19H2,1H3/q-1;+1. The van der Waals surface area contributed by atoms with Gasteiger partial charge in [-0.2, -0.15) is 0 Å². The molecule has 1 unspecified atom stereocenters. The third-order valence-electron chi connectivity index (χ3n) is 10.8. The molecule has 0 fully saturated rings. The fraction of sp³-hybridized carbons (Fsp3) is 0.0625. The van der Waals surface area contributed by atoms with Crippen LogP contribution in [0.5, 0.6) is 5.75 Å². The Kier molecular flexibility index (Phi) is 15.9. The summed E-state index contributed by atoms with van der Waals surface area (Å²) in [7, 11) is -2.88. The zero-order valence-corrected chi connectivity index (χ0v) is 36.6. The van der Waals surface area contributed by atoms with Gasteiger partial charge in [-0.1, -0.05) is 40.6 Å². The molecule has 0 spiro atoms. The molecule has 73 heavy (non-hydrogen) atoms. The lowest BCUT2D eigenvalue weighted by Gasteiger charge is -2.44. The first-order valence-corrected chi connectivity index (χ1v) is 21.7. The molecule has 1 atom stereocenters. The molecule has 0 N–H and O–H groups in total. The Morgan fingerprint density at radius 1 is 0.425 bits per heavy atom. The number of Topliss-reactive ketones (excluding diaryl/α,β-unsaturated/α-hetero) is 1. The number of rotatable bonds is 10. The van der Waals surface area contributed by atoms with Gasteiger partial charge in [0.25, 0.3) is 0 Å². The Morgan fingerprint density at radius 2 is 0.712 bits per heavy atom. The van der Waals surface area contributed by atoms with Crippen LogP contribution < -0.4 is 26.6 Å². The molecule has 0 aromatic heterocycles. The molecule has 7 rings (SSSR count). The van der Waals surface area contributed by atoms with Gasteiger partial charge in [0.2, 0.25) is 15.7 Å². The van der Waals surface area contributed by atoms with Crippen molar-refractivity contribution in [2.45, 2.75) is 11.8 Å². The van der Waals surface area contributed by atoms with E-state index in [9.17, 15) is 61.7 Å². The van der Waals surface area contributed by atoms with Gasteiger partial charge >= 0.3 is 0 Å². The van der Waals surface area contributed by atoms with Crippen molar-refractivity contribution in [3.05, 3.63) is 212 Å². The van der Waals surface area contributed by atoms with Crippen LogP contribution in [-0.4, -0.2) is 24.3 Å². The summed E-state index contributed by atoms with van der Waals surface area (Å²) in [5.74, 6) is -68.1. The number of carbonyl (C=O) groups excluding carboxylic acids is 1. The van der Waals surface area contributed by atoms with Crippen molar-refractivity contribution in [2.75, 3.05) is 12.4 Å². The third kappa shape index (κ3) is 9.50. The molecular formula is C48H21BF20O3S. The largest absolute Gasteiger partial charge is 0.494 e. The summed E-state index contributed by atoms with van der Waals surface area (Å²) < 4.78 is 313. The zero-order chi connectivity index (χ0) is 54.2. The molecule has 0 bridgehead atoms. The first-order chi connectivity index (χ1) is 34.3. The number of carbonyl (C=O) groups is 1. The summed E-state index contributed by atoms with van der Waals surface area (Å²) in [6.45, 7) is 2.46. The van der Waals surface area contributed by atoms with Gasteiger partial charge in [0.15, 0.2) is 85.7 Å². The van der Waals surface area contributed by atoms with Crippen LogP contribution in [0, 0.1) is 128 Å². The minimum absolute atomic E-state index is 0.162. The minimum atomic E-state index is -7.22. The van der Waals surface area contributed by atoms with Gasteiger partial charge in [-0.15, -0.1) is 21.9 Å². The molecule has 7 aromatic carbocycles. The van der Waals surface area contributed by atoms with Crippen LogP contribution in [-0.2, 0) is 14.1 Å². The maximum atomic E-state index is 15.4. The number of ketones is 1. The van der Waals surface area contributed by atoms with Crippen LogP contribution in [0.4, 0.5) is 87.8 Å². The van der Waals surface area contributed by atoms with E-state index < -0.39 is 154 Å². The lowest BCUT2D eigenvalue weighted by atomic mass is 9.12. The first-order valence-electron chi connectivity index (χ1n) is 19.9. The number of ether oxygens (including phenoxy) is 1. The third-order valence-corrected chi connectivity index (χ3v) is 12.9. The molecular weight excluding hydrogens is 1050 g/mol. The van der Waals surface area contributed by atoms with Gasteiger partial charge in [0, 0.05) is 11.1 Å². The molecule has 0 heterocycles. The van der Waals surface area contributed by atoms with Gasteiger partial charge in [0.1, 0.15) is 58.4 Å². The van der Waals surface area contributed by atoms with E-state index in [1.54, 1.807) is 48.5 Å². The average Bonchev–Trinajstić information content (AvgIpc) is 3.39. The molecule has 0 amide bonds. The second-order valence-corrected chi connectivity index (χ2v) is 17.2. The van der Waals surface area contributed by atoms with Crippen LogP contribution in [0.1, 0.15) is 22.8 Å². The van der Waals surface area contributed by atoms with E-state index in [0.29, 0.717) is 22.8 Å². The van der Waals surface area contributed by atoms with Crippen LogP contribution in [0.25, 0.3) is 0 Å².